The lowest BCUT2D eigenvalue weighted by Crippen LogP contribution is -2.35. The summed E-state index contributed by atoms with van der Waals surface area (Å²) in [4.78, 5) is 23.1. The van der Waals surface area contributed by atoms with Gasteiger partial charge in [-0.3, -0.25) is 4.79 Å². The highest BCUT2D eigenvalue weighted by atomic mass is 16.5. The standard InChI is InChI=1S/C14H18N2O5/c1-20-9-6-11(15-7-9)13(17)16-8-3-4-10(14(18)19)12(5-8)21-2/h3-5,9,11,15H,6-7H2,1-2H3,(H,16,17)(H,18,19). The molecule has 1 heterocycles. The molecule has 2 unspecified atom stereocenters. The number of carboxylic acids is 1. The van der Waals surface area contributed by atoms with Crippen molar-refractivity contribution in [2.75, 3.05) is 26.1 Å². The van der Waals surface area contributed by atoms with Crippen molar-refractivity contribution in [3.63, 3.8) is 0 Å². The number of aromatic carboxylic acids is 1. The molecule has 1 fully saturated rings. The van der Waals surface area contributed by atoms with Gasteiger partial charge in [0.2, 0.25) is 5.91 Å². The van der Waals surface area contributed by atoms with Crippen molar-refractivity contribution in [2.45, 2.75) is 18.6 Å². The van der Waals surface area contributed by atoms with Gasteiger partial charge in [0.25, 0.3) is 0 Å². The van der Waals surface area contributed by atoms with E-state index in [2.05, 4.69) is 10.6 Å². The van der Waals surface area contributed by atoms with E-state index >= 15 is 0 Å². The van der Waals surface area contributed by atoms with Crippen LogP contribution in [0.5, 0.6) is 5.75 Å². The molecular weight excluding hydrogens is 276 g/mol. The fourth-order valence-corrected chi connectivity index (χ4v) is 2.26. The predicted octanol–water partition coefficient (Wildman–Crippen LogP) is 0.709. The third-order valence-electron chi connectivity index (χ3n) is 3.44. The Hall–Kier alpha value is -2.12. The number of rotatable bonds is 5. The van der Waals surface area contributed by atoms with Gasteiger partial charge in [0.15, 0.2) is 0 Å². The van der Waals surface area contributed by atoms with Crippen LogP contribution in [0.1, 0.15) is 16.8 Å². The molecule has 3 N–H and O–H groups in total. The van der Waals surface area contributed by atoms with Gasteiger partial charge in [-0.2, -0.15) is 0 Å². The molecule has 2 rings (SSSR count). The Kier molecular flexibility index (Phi) is 4.77. The van der Waals surface area contributed by atoms with E-state index in [-0.39, 0.29) is 29.4 Å². The van der Waals surface area contributed by atoms with Gasteiger partial charge in [-0.15, -0.1) is 0 Å². The Morgan fingerprint density at radius 2 is 2.14 bits per heavy atom. The van der Waals surface area contributed by atoms with Crippen molar-refractivity contribution >= 4 is 17.6 Å². The van der Waals surface area contributed by atoms with Gasteiger partial charge in [-0.1, -0.05) is 0 Å². The lowest BCUT2D eigenvalue weighted by atomic mass is 10.1. The lowest BCUT2D eigenvalue weighted by Gasteiger charge is -2.13. The molecule has 0 saturated carbocycles. The number of benzene rings is 1. The monoisotopic (exact) mass is 294 g/mol. The second-order valence-corrected chi connectivity index (χ2v) is 4.76. The molecule has 0 aliphatic carbocycles. The highest BCUT2D eigenvalue weighted by Gasteiger charge is 2.29. The van der Waals surface area contributed by atoms with Gasteiger partial charge in [0.1, 0.15) is 11.3 Å². The molecule has 0 spiro atoms. The minimum Gasteiger partial charge on any atom is -0.496 e. The summed E-state index contributed by atoms with van der Waals surface area (Å²) >= 11 is 0. The highest BCUT2D eigenvalue weighted by molar-refractivity contribution is 5.97. The summed E-state index contributed by atoms with van der Waals surface area (Å²) in [5.41, 5.74) is 0.540. The van der Waals surface area contributed by atoms with Crippen molar-refractivity contribution in [1.82, 2.24) is 5.32 Å². The van der Waals surface area contributed by atoms with Crippen molar-refractivity contribution in [2.24, 2.45) is 0 Å². The summed E-state index contributed by atoms with van der Waals surface area (Å²) in [6.45, 7) is 0.635. The van der Waals surface area contributed by atoms with Crippen LogP contribution in [0.25, 0.3) is 0 Å². The summed E-state index contributed by atoms with van der Waals surface area (Å²) in [6, 6.07) is 4.10. The minimum absolute atomic E-state index is 0.0321. The van der Waals surface area contributed by atoms with E-state index in [0.717, 1.165) is 0 Å². The van der Waals surface area contributed by atoms with Gasteiger partial charge in [0, 0.05) is 25.4 Å². The molecular formula is C14H18N2O5. The molecule has 7 heteroatoms. The fraction of sp³-hybridized carbons (Fsp3) is 0.429. The number of hydrogen-bond donors (Lipinski definition) is 3. The first-order chi connectivity index (χ1) is 10.0. The van der Waals surface area contributed by atoms with Crippen molar-refractivity contribution in [1.29, 1.82) is 0 Å². The number of hydrogen-bond acceptors (Lipinski definition) is 5. The number of methoxy groups -OCH3 is 2. The third kappa shape index (κ3) is 3.50. The van der Waals surface area contributed by atoms with E-state index in [1.165, 1.54) is 25.3 Å². The summed E-state index contributed by atoms with van der Waals surface area (Å²) < 4.78 is 10.2. The molecule has 1 saturated heterocycles. The largest absolute Gasteiger partial charge is 0.496 e. The molecule has 114 valence electrons. The highest BCUT2D eigenvalue weighted by Crippen LogP contribution is 2.23. The molecule has 0 radical (unpaired) electrons. The molecule has 2 atom stereocenters. The summed E-state index contributed by atoms with van der Waals surface area (Å²) in [5, 5.41) is 14.8. The van der Waals surface area contributed by atoms with Crippen LogP contribution in [0.15, 0.2) is 18.2 Å². The zero-order valence-corrected chi connectivity index (χ0v) is 11.9. The van der Waals surface area contributed by atoms with E-state index in [1.807, 2.05) is 0 Å². The molecule has 7 nitrogen and oxygen atoms in total. The molecule has 1 aliphatic rings. The Labute approximate surface area is 122 Å². The molecule has 1 aliphatic heterocycles. The topological polar surface area (TPSA) is 96.9 Å². The maximum absolute atomic E-state index is 12.1. The van der Waals surface area contributed by atoms with Crippen LogP contribution in [0, 0.1) is 0 Å². The van der Waals surface area contributed by atoms with Crippen LogP contribution in [-0.2, 0) is 9.53 Å². The first-order valence-corrected chi connectivity index (χ1v) is 6.53. The zero-order chi connectivity index (χ0) is 15.4. The Bertz CT molecular complexity index is 546. The van der Waals surface area contributed by atoms with Gasteiger partial charge < -0.3 is 25.2 Å². The van der Waals surface area contributed by atoms with E-state index in [0.29, 0.717) is 18.7 Å². The van der Waals surface area contributed by atoms with E-state index < -0.39 is 5.97 Å². The maximum atomic E-state index is 12.1. The van der Waals surface area contributed by atoms with Crippen molar-refractivity contribution in [3.05, 3.63) is 23.8 Å². The summed E-state index contributed by atoms with van der Waals surface area (Å²) in [6.07, 6.45) is 0.636. The first kappa shape index (κ1) is 15.3. The Morgan fingerprint density at radius 1 is 1.38 bits per heavy atom. The minimum atomic E-state index is -1.08. The van der Waals surface area contributed by atoms with Gasteiger partial charge >= 0.3 is 5.97 Å². The average Bonchev–Trinajstić information content (AvgIpc) is 2.95. The third-order valence-corrected chi connectivity index (χ3v) is 3.44. The zero-order valence-electron chi connectivity index (χ0n) is 11.9. The quantitative estimate of drug-likeness (QED) is 0.740. The lowest BCUT2D eigenvalue weighted by molar-refractivity contribution is -0.118. The second-order valence-electron chi connectivity index (χ2n) is 4.76. The molecule has 0 aromatic heterocycles. The number of nitrogens with one attached hydrogen (secondary N) is 2. The van der Waals surface area contributed by atoms with Crippen LogP contribution >= 0.6 is 0 Å². The molecule has 21 heavy (non-hydrogen) atoms. The van der Waals surface area contributed by atoms with Crippen LogP contribution in [0.2, 0.25) is 0 Å². The molecule has 0 bridgehead atoms. The van der Waals surface area contributed by atoms with Crippen LogP contribution < -0.4 is 15.4 Å². The van der Waals surface area contributed by atoms with Gasteiger partial charge in [-0.05, 0) is 18.6 Å². The molecule has 1 aromatic rings. The van der Waals surface area contributed by atoms with E-state index in [1.54, 1.807) is 7.11 Å². The number of carbonyl (C=O) groups is 2. The number of carbonyl (C=O) groups excluding carboxylic acids is 1. The van der Waals surface area contributed by atoms with Crippen LogP contribution in [0.4, 0.5) is 5.69 Å². The van der Waals surface area contributed by atoms with E-state index in [9.17, 15) is 9.59 Å². The SMILES string of the molecule is COc1cc(NC(=O)C2CC(OC)CN2)ccc1C(=O)O. The molecule has 1 aromatic carbocycles. The van der Waals surface area contributed by atoms with E-state index in [4.69, 9.17) is 14.6 Å². The number of ether oxygens (including phenoxy) is 2. The number of carboxylic acid groups (broad SMARTS) is 1. The average molecular weight is 294 g/mol. The summed E-state index contributed by atoms with van der Waals surface area (Å²) in [7, 11) is 3.00. The Balaban J connectivity index is 2.06. The maximum Gasteiger partial charge on any atom is 0.339 e. The second kappa shape index (κ2) is 6.55. The van der Waals surface area contributed by atoms with Gasteiger partial charge in [0.05, 0.1) is 19.3 Å². The first-order valence-electron chi connectivity index (χ1n) is 6.53. The molecule has 1 amide bonds. The number of anilines is 1. The smallest absolute Gasteiger partial charge is 0.339 e. The van der Waals surface area contributed by atoms with Crippen LogP contribution in [-0.4, -0.2) is 49.9 Å². The normalized spacial score (nSPS) is 21.0. The Morgan fingerprint density at radius 3 is 2.71 bits per heavy atom. The van der Waals surface area contributed by atoms with Crippen LogP contribution in [0.3, 0.4) is 0 Å². The number of amides is 1. The van der Waals surface area contributed by atoms with Gasteiger partial charge in [-0.25, -0.2) is 4.79 Å². The van der Waals surface area contributed by atoms with Crippen molar-refractivity contribution < 1.29 is 24.2 Å². The summed E-state index contributed by atoms with van der Waals surface area (Å²) in [5.74, 6) is -1.06. The predicted molar refractivity (Wildman–Crippen MR) is 75.8 cm³/mol. The van der Waals surface area contributed by atoms with Crippen molar-refractivity contribution in [3.8, 4) is 5.75 Å². The fourth-order valence-electron chi connectivity index (χ4n) is 2.26.